The summed E-state index contributed by atoms with van der Waals surface area (Å²) in [7, 11) is 0. The Balaban J connectivity index is 1.56. The quantitative estimate of drug-likeness (QED) is 0.718. The van der Waals surface area contributed by atoms with E-state index >= 15 is 0 Å². The van der Waals surface area contributed by atoms with E-state index in [1.807, 2.05) is 25.1 Å². The highest BCUT2D eigenvalue weighted by Gasteiger charge is 2.20. The van der Waals surface area contributed by atoms with E-state index in [-0.39, 0.29) is 0 Å². The monoisotopic (exact) mass is 321 g/mol. The summed E-state index contributed by atoms with van der Waals surface area (Å²) in [6.45, 7) is 2.72. The zero-order chi connectivity index (χ0) is 16.4. The maximum Gasteiger partial charge on any atom is 0.245 e. The summed E-state index contributed by atoms with van der Waals surface area (Å²) >= 11 is 0. The standard InChI is InChI=1S/C20H23N3O/c1-14-19(21-13-15-8-4-2-5-9-15)23-17-12-18(24-20(17)22-14)16-10-6-3-7-11-16/h2,4-5,8-9,12,16H,3,6-7,10-11,13H2,1H3,(H,21,23). The molecule has 1 fully saturated rings. The second-order valence-electron chi connectivity index (χ2n) is 6.67. The van der Waals surface area contributed by atoms with E-state index in [1.165, 1.54) is 37.7 Å². The number of nitrogens with zero attached hydrogens (tertiary/aromatic N) is 2. The SMILES string of the molecule is Cc1nc2oc(C3CCCCC3)cc2nc1NCc1ccccc1. The zero-order valence-electron chi connectivity index (χ0n) is 14.1. The highest BCUT2D eigenvalue weighted by Crippen LogP contribution is 2.35. The Morgan fingerprint density at radius 2 is 1.88 bits per heavy atom. The fourth-order valence-electron chi connectivity index (χ4n) is 3.49. The van der Waals surface area contributed by atoms with Crippen LogP contribution in [-0.4, -0.2) is 9.97 Å². The van der Waals surface area contributed by atoms with Crippen molar-refractivity contribution >= 4 is 17.0 Å². The van der Waals surface area contributed by atoms with Gasteiger partial charge in [0.25, 0.3) is 0 Å². The highest BCUT2D eigenvalue weighted by molar-refractivity contribution is 5.72. The number of nitrogens with one attached hydrogen (secondary N) is 1. The number of anilines is 1. The van der Waals surface area contributed by atoms with Gasteiger partial charge in [-0.1, -0.05) is 49.6 Å². The molecule has 1 N–H and O–H groups in total. The number of benzene rings is 1. The Labute approximate surface area is 142 Å². The van der Waals surface area contributed by atoms with Crippen molar-refractivity contribution in [1.29, 1.82) is 0 Å². The average molecular weight is 321 g/mol. The van der Waals surface area contributed by atoms with Gasteiger partial charge in [0.1, 0.15) is 17.1 Å². The molecule has 1 aliphatic rings. The van der Waals surface area contributed by atoms with Gasteiger partial charge in [-0.3, -0.25) is 0 Å². The van der Waals surface area contributed by atoms with Crippen LogP contribution in [0.3, 0.4) is 0 Å². The van der Waals surface area contributed by atoms with Gasteiger partial charge in [-0.05, 0) is 25.3 Å². The molecular formula is C20H23N3O. The molecule has 0 spiro atoms. The fraction of sp³-hybridized carbons (Fsp3) is 0.400. The molecule has 1 saturated carbocycles. The predicted molar refractivity (Wildman–Crippen MR) is 96.1 cm³/mol. The molecular weight excluding hydrogens is 298 g/mol. The molecule has 2 aromatic heterocycles. The van der Waals surface area contributed by atoms with Gasteiger partial charge < -0.3 is 9.73 Å². The highest BCUT2D eigenvalue weighted by atomic mass is 16.3. The van der Waals surface area contributed by atoms with Crippen molar-refractivity contribution in [3.05, 3.63) is 53.4 Å². The summed E-state index contributed by atoms with van der Waals surface area (Å²) in [5.74, 6) is 2.43. The first-order valence-electron chi connectivity index (χ1n) is 8.85. The van der Waals surface area contributed by atoms with Gasteiger partial charge in [-0.15, -0.1) is 0 Å². The normalized spacial score (nSPS) is 15.7. The largest absolute Gasteiger partial charge is 0.441 e. The van der Waals surface area contributed by atoms with Crippen LogP contribution >= 0.6 is 0 Å². The van der Waals surface area contributed by atoms with Crippen molar-refractivity contribution in [2.75, 3.05) is 5.32 Å². The molecule has 0 amide bonds. The number of fused-ring (bicyclic) bond motifs is 1. The topological polar surface area (TPSA) is 51.0 Å². The molecule has 1 aromatic carbocycles. The van der Waals surface area contributed by atoms with E-state index in [2.05, 4.69) is 28.5 Å². The van der Waals surface area contributed by atoms with Gasteiger partial charge in [0.2, 0.25) is 5.71 Å². The molecule has 24 heavy (non-hydrogen) atoms. The Morgan fingerprint density at radius 3 is 2.67 bits per heavy atom. The maximum atomic E-state index is 6.00. The second kappa shape index (κ2) is 6.63. The summed E-state index contributed by atoms with van der Waals surface area (Å²) in [5.41, 5.74) is 3.63. The molecule has 3 aromatic rings. The summed E-state index contributed by atoms with van der Waals surface area (Å²) < 4.78 is 6.00. The number of aromatic nitrogens is 2. The van der Waals surface area contributed by atoms with E-state index in [4.69, 9.17) is 9.40 Å². The Morgan fingerprint density at radius 1 is 1.08 bits per heavy atom. The van der Waals surface area contributed by atoms with Crippen molar-refractivity contribution in [1.82, 2.24) is 9.97 Å². The number of hydrogen-bond acceptors (Lipinski definition) is 4. The fourth-order valence-corrected chi connectivity index (χ4v) is 3.49. The van der Waals surface area contributed by atoms with Crippen LogP contribution in [0.5, 0.6) is 0 Å². The Kier molecular flexibility index (Phi) is 4.20. The third-order valence-corrected chi connectivity index (χ3v) is 4.87. The lowest BCUT2D eigenvalue weighted by Crippen LogP contribution is -2.04. The average Bonchev–Trinajstić information content (AvgIpc) is 3.04. The van der Waals surface area contributed by atoms with E-state index in [0.717, 1.165) is 29.3 Å². The van der Waals surface area contributed by atoms with Crippen molar-refractivity contribution < 1.29 is 4.42 Å². The lowest BCUT2D eigenvalue weighted by atomic mass is 9.88. The minimum Gasteiger partial charge on any atom is -0.441 e. The van der Waals surface area contributed by atoms with Crippen molar-refractivity contribution in [3.8, 4) is 0 Å². The molecule has 0 bridgehead atoms. The van der Waals surface area contributed by atoms with Crippen LogP contribution in [0.2, 0.25) is 0 Å². The van der Waals surface area contributed by atoms with Gasteiger partial charge in [-0.25, -0.2) is 9.97 Å². The van der Waals surface area contributed by atoms with Crippen molar-refractivity contribution in [2.24, 2.45) is 0 Å². The van der Waals surface area contributed by atoms with Gasteiger partial charge in [0, 0.05) is 18.5 Å². The van der Waals surface area contributed by atoms with E-state index in [0.29, 0.717) is 11.6 Å². The summed E-state index contributed by atoms with van der Waals surface area (Å²) in [6.07, 6.45) is 6.38. The van der Waals surface area contributed by atoms with E-state index < -0.39 is 0 Å². The minimum absolute atomic E-state index is 0.538. The number of aryl methyl sites for hydroxylation is 1. The third kappa shape index (κ3) is 3.14. The van der Waals surface area contributed by atoms with Crippen LogP contribution < -0.4 is 5.32 Å². The lowest BCUT2D eigenvalue weighted by molar-refractivity contribution is 0.383. The zero-order valence-corrected chi connectivity index (χ0v) is 14.1. The summed E-state index contributed by atoms with van der Waals surface area (Å²) in [4.78, 5) is 9.35. The predicted octanol–water partition coefficient (Wildman–Crippen LogP) is 5.19. The van der Waals surface area contributed by atoms with Gasteiger partial charge >= 0.3 is 0 Å². The number of furan rings is 1. The minimum atomic E-state index is 0.538. The van der Waals surface area contributed by atoms with Crippen molar-refractivity contribution in [3.63, 3.8) is 0 Å². The van der Waals surface area contributed by atoms with Crippen LogP contribution in [0.25, 0.3) is 11.2 Å². The molecule has 4 rings (SSSR count). The molecule has 2 heterocycles. The smallest absolute Gasteiger partial charge is 0.245 e. The summed E-state index contributed by atoms with van der Waals surface area (Å²) in [5, 5.41) is 3.39. The molecule has 0 aliphatic heterocycles. The third-order valence-electron chi connectivity index (χ3n) is 4.87. The molecule has 124 valence electrons. The van der Waals surface area contributed by atoms with Crippen LogP contribution in [-0.2, 0) is 6.54 Å². The van der Waals surface area contributed by atoms with Crippen LogP contribution in [0.4, 0.5) is 5.82 Å². The molecule has 0 radical (unpaired) electrons. The first-order chi connectivity index (χ1) is 11.8. The maximum absolute atomic E-state index is 6.00. The van der Waals surface area contributed by atoms with E-state index in [9.17, 15) is 0 Å². The molecule has 1 aliphatic carbocycles. The summed E-state index contributed by atoms with van der Waals surface area (Å²) in [6, 6.07) is 12.4. The molecule has 0 saturated heterocycles. The van der Waals surface area contributed by atoms with Crippen LogP contribution in [0.1, 0.15) is 55.0 Å². The molecule has 0 unspecified atom stereocenters. The van der Waals surface area contributed by atoms with Crippen molar-refractivity contribution in [2.45, 2.75) is 51.5 Å². The Hall–Kier alpha value is -2.36. The first kappa shape index (κ1) is 15.2. The van der Waals surface area contributed by atoms with Gasteiger partial charge in [0.15, 0.2) is 0 Å². The number of hydrogen-bond donors (Lipinski definition) is 1. The van der Waals surface area contributed by atoms with Gasteiger partial charge in [-0.2, -0.15) is 0 Å². The molecule has 0 atom stereocenters. The molecule has 4 nitrogen and oxygen atoms in total. The van der Waals surface area contributed by atoms with Gasteiger partial charge in [0.05, 0.1) is 5.69 Å². The number of rotatable bonds is 4. The second-order valence-corrected chi connectivity index (χ2v) is 6.67. The Bertz CT molecular complexity index is 820. The van der Waals surface area contributed by atoms with Crippen LogP contribution in [0.15, 0.2) is 40.8 Å². The lowest BCUT2D eigenvalue weighted by Gasteiger charge is -2.18. The molecule has 4 heteroatoms. The van der Waals surface area contributed by atoms with Crippen LogP contribution in [0, 0.1) is 6.92 Å². The first-order valence-corrected chi connectivity index (χ1v) is 8.85. The van der Waals surface area contributed by atoms with E-state index in [1.54, 1.807) is 0 Å².